The topological polar surface area (TPSA) is 401 Å². The first kappa shape index (κ1) is 46.4. The van der Waals surface area contributed by atoms with E-state index in [1.165, 1.54) is 25.6 Å². The molecule has 310 valence electrons. The van der Waals surface area contributed by atoms with E-state index < -0.39 is 103 Å². The summed E-state index contributed by atoms with van der Waals surface area (Å²) in [6, 6.07) is 0. The van der Waals surface area contributed by atoms with E-state index in [4.69, 9.17) is 24.6 Å². The van der Waals surface area contributed by atoms with Crippen molar-refractivity contribution >= 4 is 75.8 Å². The number of anilines is 1. The average molecular weight is 868 g/mol. The Morgan fingerprint density at radius 3 is 2.35 bits per heavy atom. The number of fused-ring (bicyclic) bond motifs is 1. The molecular formula is C25H40N7O19P3S. The van der Waals surface area contributed by atoms with Gasteiger partial charge in [0, 0.05) is 30.7 Å². The van der Waals surface area contributed by atoms with Crippen LogP contribution in [0.2, 0.25) is 0 Å². The number of Topliss-reactive ketones (excluding diaryl/α,β-unsaturated/α-hetero) is 1. The molecule has 0 saturated carbocycles. The molecule has 30 heteroatoms. The van der Waals surface area contributed by atoms with Gasteiger partial charge in [-0.1, -0.05) is 13.8 Å². The van der Waals surface area contributed by atoms with Gasteiger partial charge in [-0.25, -0.2) is 28.6 Å². The summed E-state index contributed by atoms with van der Waals surface area (Å²) < 4.78 is 61.8. The Bertz CT molecular complexity index is 1880. The minimum atomic E-state index is -5.70. The van der Waals surface area contributed by atoms with Crippen LogP contribution in [0.1, 0.15) is 43.5 Å². The largest absolute Gasteiger partial charge is 0.481 e. The van der Waals surface area contributed by atoms with Crippen LogP contribution in [0.3, 0.4) is 0 Å². The maximum absolute atomic E-state index is 12.8. The minimum absolute atomic E-state index is 0.106. The lowest BCUT2D eigenvalue weighted by Crippen LogP contribution is -2.46. The van der Waals surface area contributed by atoms with Crippen LogP contribution in [0.4, 0.5) is 5.82 Å². The molecule has 3 unspecified atom stereocenters. The lowest BCUT2D eigenvalue weighted by molar-refractivity contribution is -0.137. The normalized spacial score (nSPS) is 21.8. The molecule has 0 aromatic carbocycles. The van der Waals surface area contributed by atoms with Crippen molar-refractivity contribution in [2.75, 3.05) is 44.0 Å². The molecule has 2 amide bonds. The molecule has 2 aromatic rings. The summed E-state index contributed by atoms with van der Waals surface area (Å²) in [5, 5.41) is 35.7. The summed E-state index contributed by atoms with van der Waals surface area (Å²) in [6.07, 6.45) is -8.61. The standard InChI is InChI=1S/C25H40N7O19P3S/c1-25(2,19(38)23(39)28-5-4-14(34)27-6-7-55-3)10-48-54(45,46)51-53(43,44)47-9-13-18(50-52(40,41)42)17(37)24(49-13)32-21(12(33)8-15(35)36)31-16-20(26)29-11-30-22(16)32/h11,13,17-19,24,37-38H,4-10H2,1-3H3,(H,27,34)(H,28,39)(H,35,36)(H,43,44)(H,45,46)(H2,26,29,30)(H2,40,41,42)/t13-,17-,18-,19?,24-/m1/s1. The highest BCUT2D eigenvalue weighted by Gasteiger charge is 2.51. The third-order valence-electron chi connectivity index (χ3n) is 7.37. The van der Waals surface area contributed by atoms with Gasteiger partial charge >= 0.3 is 29.4 Å². The summed E-state index contributed by atoms with van der Waals surface area (Å²) in [5.41, 5.74) is 3.56. The molecule has 55 heavy (non-hydrogen) atoms. The number of imidazole rings is 1. The molecule has 11 N–H and O–H groups in total. The number of carboxylic acids is 1. The second kappa shape index (κ2) is 19.0. The number of carbonyl (C=O) groups is 4. The highest BCUT2D eigenvalue weighted by atomic mass is 32.2. The van der Waals surface area contributed by atoms with Crippen molar-refractivity contribution in [3.63, 3.8) is 0 Å². The molecule has 26 nitrogen and oxygen atoms in total. The molecule has 0 radical (unpaired) electrons. The predicted octanol–water partition coefficient (Wildman–Crippen LogP) is -1.57. The number of aliphatic carboxylic acids is 1. The fourth-order valence-electron chi connectivity index (χ4n) is 4.74. The number of aromatic nitrogens is 4. The lowest BCUT2D eigenvalue weighted by atomic mass is 9.87. The van der Waals surface area contributed by atoms with E-state index in [0.717, 1.165) is 10.9 Å². The first-order valence-corrected chi connectivity index (χ1v) is 21.5. The second-order valence-corrected chi connectivity index (χ2v) is 17.4. The summed E-state index contributed by atoms with van der Waals surface area (Å²) in [7, 11) is -16.8. The number of rotatable bonds is 22. The van der Waals surface area contributed by atoms with Crippen LogP contribution >= 0.6 is 35.2 Å². The third-order valence-corrected chi connectivity index (χ3v) is 11.1. The predicted molar refractivity (Wildman–Crippen MR) is 185 cm³/mol. The van der Waals surface area contributed by atoms with Gasteiger partial charge in [0.1, 0.15) is 37.2 Å². The van der Waals surface area contributed by atoms with Gasteiger partial charge in [-0.05, 0) is 6.26 Å². The van der Waals surface area contributed by atoms with Crippen molar-refractivity contribution in [1.82, 2.24) is 30.2 Å². The number of nitrogens with one attached hydrogen (secondary N) is 2. The van der Waals surface area contributed by atoms with Gasteiger partial charge in [0.25, 0.3) is 0 Å². The fourth-order valence-corrected chi connectivity index (χ4v) is 7.88. The lowest BCUT2D eigenvalue weighted by Gasteiger charge is -2.30. The number of nitrogen functional groups attached to an aromatic ring is 1. The number of ether oxygens (including phenoxy) is 1. The Morgan fingerprint density at radius 2 is 1.73 bits per heavy atom. The zero-order chi connectivity index (χ0) is 41.5. The number of carboxylic acid groups (broad SMARTS) is 1. The van der Waals surface area contributed by atoms with Crippen molar-refractivity contribution in [2.24, 2.45) is 5.41 Å². The molecule has 0 spiro atoms. The van der Waals surface area contributed by atoms with Crippen LogP contribution in [-0.2, 0) is 50.7 Å². The number of amides is 2. The maximum atomic E-state index is 12.8. The highest BCUT2D eigenvalue weighted by molar-refractivity contribution is 7.98. The molecule has 1 aliphatic heterocycles. The quantitative estimate of drug-likeness (QED) is 0.0276. The van der Waals surface area contributed by atoms with E-state index in [1.54, 1.807) is 0 Å². The fraction of sp³-hybridized carbons (Fsp3) is 0.640. The van der Waals surface area contributed by atoms with Crippen LogP contribution in [-0.4, -0.2) is 141 Å². The molecule has 0 bridgehead atoms. The molecular weight excluding hydrogens is 827 g/mol. The van der Waals surface area contributed by atoms with E-state index in [9.17, 15) is 62.7 Å². The van der Waals surface area contributed by atoms with Crippen LogP contribution < -0.4 is 16.4 Å². The van der Waals surface area contributed by atoms with Gasteiger partial charge in [-0.2, -0.15) is 16.1 Å². The minimum Gasteiger partial charge on any atom is -0.481 e. The molecule has 2 aromatic heterocycles. The van der Waals surface area contributed by atoms with Gasteiger partial charge in [0.05, 0.1) is 13.2 Å². The van der Waals surface area contributed by atoms with E-state index in [0.29, 0.717) is 12.3 Å². The first-order chi connectivity index (χ1) is 25.4. The Hall–Kier alpha value is -2.97. The number of nitrogens with two attached hydrogens (primary N) is 1. The van der Waals surface area contributed by atoms with Gasteiger partial charge in [-0.3, -0.25) is 37.3 Å². The number of ketones is 1. The number of hydrogen-bond acceptors (Lipinski definition) is 19. The number of hydrogen-bond donors (Lipinski definition) is 10. The third kappa shape index (κ3) is 13.3. The molecule has 7 atom stereocenters. The van der Waals surface area contributed by atoms with Crippen molar-refractivity contribution in [3.05, 3.63) is 12.2 Å². The molecule has 1 aliphatic rings. The average Bonchev–Trinajstić information content (AvgIpc) is 3.59. The van der Waals surface area contributed by atoms with Gasteiger partial charge < -0.3 is 56.0 Å². The Morgan fingerprint density at radius 1 is 1.07 bits per heavy atom. The summed E-state index contributed by atoms with van der Waals surface area (Å²) in [4.78, 5) is 99.3. The smallest absolute Gasteiger partial charge is 0.481 e. The Balaban J connectivity index is 1.71. The number of thioether (sulfide) groups is 1. The number of phosphoric ester groups is 3. The summed E-state index contributed by atoms with van der Waals surface area (Å²) in [5.74, 6) is -4.43. The summed E-state index contributed by atoms with van der Waals surface area (Å²) in [6.45, 7) is 0.501. The zero-order valence-corrected chi connectivity index (χ0v) is 32.6. The number of nitrogens with zero attached hydrogens (tertiary/aromatic N) is 4. The van der Waals surface area contributed by atoms with Gasteiger partial charge in [0.2, 0.25) is 17.6 Å². The van der Waals surface area contributed by atoms with Crippen molar-refractivity contribution < 1.29 is 90.4 Å². The first-order valence-electron chi connectivity index (χ1n) is 15.6. The molecule has 0 aliphatic carbocycles. The molecule has 3 heterocycles. The number of phosphoric acid groups is 3. The monoisotopic (exact) mass is 867 g/mol. The molecule has 1 fully saturated rings. The Labute approximate surface area is 314 Å². The van der Waals surface area contributed by atoms with Gasteiger partial charge in [-0.15, -0.1) is 0 Å². The van der Waals surface area contributed by atoms with Crippen LogP contribution in [0.25, 0.3) is 11.2 Å². The summed E-state index contributed by atoms with van der Waals surface area (Å²) >= 11 is 1.51. The van der Waals surface area contributed by atoms with E-state index in [1.807, 2.05) is 6.26 Å². The number of aliphatic hydroxyl groups is 2. The van der Waals surface area contributed by atoms with Crippen molar-refractivity contribution in [1.29, 1.82) is 0 Å². The van der Waals surface area contributed by atoms with Crippen LogP contribution in [0.15, 0.2) is 6.33 Å². The van der Waals surface area contributed by atoms with E-state index >= 15 is 0 Å². The highest BCUT2D eigenvalue weighted by Crippen LogP contribution is 2.61. The molecule has 3 rings (SSSR count). The van der Waals surface area contributed by atoms with Gasteiger partial charge in [0.15, 0.2) is 29.0 Å². The van der Waals surface area contributed by atoms with E-state index in [-0.39, 0.29) is 35.9 Å². The van der Waals surface area contributed by atoms with Crippen molar-refractivity contribution in [2.45, 2.75) is 57.3 Å². The second-order valence-electron chi connectivity index (χ2n) is 12.2. The van der Waals surface area contributed by atoms with E-state index in [2.05, 4.69) is 34.4 Å². The molecule has 1 saturated heterocycles. The number of aliphatic hydroxyl groups excluding tert-OH is 2. The Kier molecular flexibility index (Phi) is 16.0. The SMILES string of the molecule is CSCCNC(=O)CCNC(=O)C(O)C(C)(C)COP(=O)(O)OP(=O)(O)OC[C@H]1O[C@@H](n2c(C(=O)CC(=O)O)nc3c(N)ncnc32)[C@H](O)[C@@H]1OP(=O)(O)O. The van der Waals surface area contributed by atoms with Crippen molar-refractivity contribution in [3.8, 4) is 0 Å². The van der Waals surface area contributed by atoms with Crippen LogP contribution in [0.5, 0.6) is 0 Å². The number of carbonyl (C=O) groups excluding carboxylic acids is 3. The zero-order valence-electron chi connectivity index (χ0n) is 29.1. The van der Waals surface area contributed by atoms with Crippen LogP contribution in [0, 0.1) is 5.41 Å². The maximum Gasteiger partial charge on any atom is 0.481 e.